The van der Waals surface area contributed by atoms with Crippen molar-refractivity contribution in [2.24, 2.45) is 0 Å². The molecule has 2 atom stereocenters. The first kappa shape index (κ1) is 14.3. The average Bonchev–Trinajstić information content (AvgIpc) is 2.48. The number of ether oxygens (including phenoxy) is 1. The largest absolute Gasteiger partial charge is 0.380 e. The van der Waals surface area contributed by atoms with Crippen LogP contribution in [0.25, 0.3) is 0 Å². The maximum Gasteiger partial charge on any atom is 0.0746 e. The fourth-order valence-corrected chi connectivity index (χ4v) is 2.62. The standard InChI is InChI=1S/C15H25N3O/c1-4-16-12(2)15-8-7-13(10-17-15)18-9-5-6-14(11-18)19-3/h7-8,10,12,14,16H,4-6,9,11H2,1-3H3. The topological polar surface area (TPSA) is 37.4 Å². The van der Waals surface area contributed by atoms with Crippen molar-refractivity contribution >= 4 is 5.69 Å². The Kier molecular flexibility index (Phi) is 5.16. The number of pyridine rings is 1. The van der Waals surface area contributed by atoms with E-state index in [9.17, 15) is 0 Å². The number of piperidine rings is 1. The molecule has 4 heteroatoms. The molecule has 0 bridgehead atoms. The lowest BCUT2D eigenvalue weighted by molar-refractivity contribution is 0.0893. The molecule has 0 saturated carbocycles. The fraction of sp³-hybridized carbons (Fsp3) is 0.667. The van der Waals surface area contributed by atoms with Gasteiger partial charge in [0.15, 0.2) is 0 Å². The quantitative estimate of drug-likeness (QED) is 0.885. The van der Waals surface area contributed by atoms with Crippen molar-refractivity contribution in [3.05, 3.63) is 24.0 Å². The van der Waals surface area contributed by atoms with Crippen molar-refractivity contribution in [2.75, 3.05) is 31.6 Å². The molecule has 0 amide bonds. The van der Waals surface area contributed by atoms with Crippen LogP contribution >= 0.6 is 0 Å². The molecule has 1 saturated heterocycles. The van der Waals surface area contributed by atoms with Crippen LogP contribution in [-0.4, -0.2) is 37.8 Å². The zero-order valence-electron chi connectivity index (χ0n) is 12.2. The van der Waals surface area contributed by atoms with E-state index in [1.807, 2.05) is 6.20 Å². The Morgan fingerprint density at radius 3 is 3.00 bits per heavy atom. The van der Waals surface area contributed by atoms with Crippen molar-refractivity contribution < 1.29 is 4.74 Å². The fourth-order valence-electron chi connectivity index (χ4n) is 2.62. The average molecular weight is 263 g/mol. The summed E-state index contributed by atoms with van der Waals surface area (Å²) >= 11 is 0. The summed E-state index contributed by atoms with van der Waals surface area (Å²) in [5, 5.41) is 3.38. The van der Waals surface area contributed by atoms with Crippen LogP contribution in [-0.2, 0) is 4.74 Å². The maximum atomic E-state index is 5.46. The van der Waals surface area contributed by atoms with Crippen LogP contribution in [0.1, 0.15) is 38.4 Å². The van der Waals surface area contributed by atoms with Gasteiger partial charge in [-0.3, -0.25) is 4.98 Å². The first-order chi connectivity index (χ1) is 9.24. The summed E-state index contributed by atoms with van der Waals surface area (Å²) in [5.41, 5.74) is 2.31. The molecule has 19 heavy (non-hydrogen) atoms. The van der Waals surface area contributed by atoms with Crippen LogP contribution in [0.5, 0.6) is 0 Å². The number of rotatable bonds is 5. The number of aromatic nitrogens is 1. The van der Waals surface area contributed by atoms with Gasteiger partial charge >= 0.3 is 0 Å². The molecule has 1 aromatic rings. The highest BCUT2D eigenvalue weighted by atomic mass is 16.5. The first-order valence-corrected chi connectivity index (χ1v) is 7.21. The molecular formula is C15H25N3O. The van der Waals surface area contributed by atoms with E-state index in [0.29, 0.717) is 12.1 Å². The van der Waals surface area contributed by atoms with Crippen LogP contribution in [0, 0.1) is 0 Å². The van der Waals surface area contributed by atoms with Crippen molar-refractivity contribution in [3.8, 4) is 0 Å². The predicted molar refractivity (Wildman–Crippen MR) is 78.6 cm³/mol. The predicted octanol–water partition coefficient (Wildman–Crippen LogP) is 2.37. The van der Waals surface area contributed by atoms with E-state index in [2.05, 4.69) is 41.2 Å². The summed E-state index contributed by atoms with van der Waals surface area (Å²) in [6.07, 6.45) is 4.69. The van der Waals surface area contributed by atoms with Gasteiger partial charge in [0.05, 0.1) is 23.7 Å². The van der Waals surface area contributed by atoms with Gasteiger partial charge in [-0.25, -0.2) is 0 Å². The molecule has 0 aliphatic carbocycles. The van der Waals surface area contributed by atoms with Gasteiger partial charge in [-0.2, -0.15) is 0 Å². The minimum Gasteiger partial charge on any atom is -0.380 e. The molecule has 2 heterocycles. The molecular weight excluding hydrogens is 238 g/mol. The Morgan fingerprint density at radius 2 is 2.37 bits per heavy atom. The second-order valence-electron chi connectivity index (χ2n) is 5.17. The molecule has 0 spiro atoms. The normalized spacial score (nSPS) is 21.4. The lowest BCUT2D eigenvalue weighted by Crippen LogP contribution is -2.39. The van der Waals surface area contributed by atoms with Gasteiger partial charge in [0, 0.05) is 26.2 Å². The lowest BCUT2D eigenvalue weighted by Gasteiger charge is -2.33. The van der Waals surface area contributed by atoms with Crippen LogP contribution in [0.4, 0.5) is 5.69 Å². The molecule has 1 N–H and O–H groups in total. The number of nitrogens with one attached hydrogen (secondary N) is 1. The van der Waals surface area contributed by atoms with Gasteiger partial charge in [0.25, 0.3) is 0 Å². The van der Waals surface area contributed by atoms with Gasteiger partial charge in [-0.1, -0.05) is 6.92 Å². The van der Waals surface area contributed by atoms with E-state index >= 15 is 0 Å². The summed E-state index contributed by atoms with van der Waals surface area (Å²) in [7, 11) is 1.80. The third-order valence-electron chi connectivity index (χ3n) is 3.80. The highest BCUT2D eigenvalue weighted by Crippen LogP contribution is 2.21. The highest BCUT2D eigenvalue weighted by Gasteiger charge is 2.19. The van der Waals surface area contributed by atoms with Crippen LogP contribution < -0.4 is 10.2 Å². The zero-order valence-corrected chi connectivity index (χ0v) is 12.2. The van der Waals surface area contributed by atoms with Gasteiger partial charge < -0.3 is 15.0 Å². The molecule has 1 fully saturated rings. The summed E-state index contributed by atoms with van der Waals surface area (Å²) < 4.78 is 5.46. The number of anilines is 1. The molecule has 4 nitrogen and oxygen atoms in total. The van der Waals surface area contributed by atoms with E-state index < -0.39 is 0 Å². The number of hydrogen-bond acceptors (Lipinski definition) is 4. The summed E-state index contributed by atoms with van der Waals surface area (Å²) in [6.45, 7) is 7.30. The van der Waals surface area contributed by atoms with Crippen LogP contribution in [0.2, 0.25) is 0 Å². The Morgan fingerprint density at radius 1 is 1.53 bits per heavy atom. The van der Waals surface area contributed by atoms with Crippen LogP contribution in [0.15, 0.2) is 18.3 Å². The SMILES string of the molecule is CCNC(C)c1ccc(N2CCCC(OC)C2)cn1. The van der Waals surface area contributed by atoms with Gasteiger partial charge in [-0.05, 0) is 38.4 Å². The summed E-state index contributed by atoms with van der Waals surface area (Å²) in [5.74, 6) is 0. The van der Waals surface area contributed by atoms with E-state index in [4.69, 9.17) is 4.74 Å². The summed E-state index contributed by atoms with van der Waals surface area (Å²) in [6, 6.07) is 4.61. The third-order valence-corrected chi connectivity index (χ3v) is 3.80. The monoisotopic (exact) mass is 263 g/mol. The van der Waals surface area contributed by atoms with Crippen molar-refractivity contribution in [3.63, 3.8) is 0 Å². The molecule has 0 radical (unpaired) electrons. The zero-order chi connectivity index (χ0) is 13.7. The molecule has 0 aromatic carbocycles. The Hall–Kier alpha value is -1.13. The van der Waals surface area contributed by atoms with Crippen molar-refractivity contribution in [1.29, 1.82) is 0 Å². The molecule has 1 aliphatic heterocycles. The second-order valence-corrected chi connectivity index (χ2v) is 5.17. The number of nitrogens with zero attached hydrogens (tertiary/aromatic N) is 2. The molecule has 106 valence electrons. The van der Waals surface area contributed by atoms with E-state index in [0.717, 1.165) is 31.7 Å². The van der Waals surface area contributed by atoms with E-state index in [1.54, 1.807) is 7.11 Å². The number of hydrogen-bond donors (Lipinski definition) is 1. The van der Waals surface area contributed by atoms with Crippen molar-refractivity contribution in [1.82, 2.24) is 10.3 Å². The molecule has 1 aliphatic rings. The van der Waals surface area contributed by atoms with E-state index in [1.165, 1.54) is 12.1 Å². The maximum absolute atomic E-state index is 5.46. The van der Waals surface area contributed by atoms with Crippen molar-refractivity contribution in [2.45, 2.75) is 38.8 Å². The van der Waals surface area contributed by atoms with Gasteiger partial charge in [0.2, 0.25) is 0 Å². The molecule has 2 unspecified atom stereocenters. The Bertz CT molecular complexity index is 379. The Labute approximate surface area is 116 Å². The highest BCUT2D eigenvalue weighted by molar-refractivity contribution is 5.45. The Balaban J connectivity index is 2.01. The number of methoxy groups -OCH3 is 1. The smallest absolute Gasteiger partial charge is 0.0746 e. The first-order valence-electron chi connectivity index (χ1n) is 7.21. The molecule has 1 aromatic heterocycles. The second kappa shape index (κ2) is 6.87. The third kappa shape index (κ3) is 3.67. The lowest BCUT2D eigenvalue weighted by atomic mass is 10.1. The summed E-state index contributed by atoms with van der Waals surface area (Å²) in [4.78, 5) is 6.95. The van der Waals surface area contributed by atoms with Gasteiger partial charge in [-0.15, -0.1) is 0 Å². The molecule has 2 rings (SSSR count). The minimum absolute atomic E-state index is 0.312. The van der Waals surface area contributed by atoms with E-state index in [-0.39, 0.29) is 0 Å². The van der Waals surface area contributed by atoms with Crippen LogP contribution in [0.3, 0.4) is 0 Å². The van der Waals surface area contributed by atoms with Gasteiger partial charge in [0.1, 0.15) is 0 Å². The minimum atomic E-state index is 0.312.